The number of alkyl halides is 3. The number of fused-ring (bicyclic) bond motifs is 1. The molecule has 6 nitrogen and oxygen atoms in total. The topological polar surface area (TPSA) is 88.5 Å². The van der Waals surface area contributed by atoms with Gasteiger partial charge in [0.05, 0.1) is 16.1 Å². The van der Waals surface area contributed by atoms with Crippen molar-refractivity contribution in [3.8, 4) is 17.6 Å². The summed E-state index contributed by atoms with van der Waals surface area (Å²) in [4.78, 5) is 16.3. The summed E-state index contributed by atoms with van der Waals surface area (Å²) in [6.07, 6.45) is -0.536. The Labute approximate surface area is 230 Å². The summed E-state index contributed by atoms with van der Waals surface area (Å²) in [5.41, 5.74) is 0.212. The van der Waals surface area contributed by atoms with Crippen LogP contribution in [0.15, 0.2) is 45.9 Å². The molecule has 1 aliphatic rings. The van der Waals surface area contributed by atoms with Gasteiger partial charge in [0.25, 0.3) is 0 Å². The average molecular weight is 606 g/mol. The van der Waals surface area contributed by atoms with Crippen LogP contribution in [0.1, 0.15) is 54.3 Å². The fourth-order valence-corrected chi connectivity index (χ4v) is 6.00. The Hall–Kier alpha value is -3.23. The molecule has 198 valence electrons. The number of nitro benzene ring substituents is 1. The van der Waals surface area contributed by atoms with Crippen LogP contribution in [0.2, 0.25) is 0 Å². The van der Waals surface area contributed by atoms with Crippen LogP contribution in [-0.2, 0) is 19.0 Å². The molecule has 2 aromatic carbocycles. The van der Waals surface area contributed by atoms with Gasteiger partial charge < -0.3 is 4.74 Å². The smallest absolute Gasteiger partial charge is 0.416 e. The van der Waals surface area contributed by atoms with Gasteiger partial charge in [0.2, 0.25) is 5.75 Å². The molecule has 38 heavy (non-hydrogen) atoms. The lowest BCUT2D eigenvalue weighted by molar-refractivity contribution is -0.385. The van der Waals surface area contributed by atoms with Crippen LogP contribution in [0, 0.1) is 32.8 Å². The lowest BCUT2D eigenvalue weighted by atomic mass is 9.72. The van der Waals surface area contributed by atoms with E-state index >= 15 is 0 Å². The Morgan fingerprint density at radius 3 is 2.55 bits per heavy atom. The van der Waals surface area contributed by atoms with Gasteiger partial charge in [0, 0.05) is 27.2 Å². The third-order valence-electron chi connectivity index (χ3n) is 6.58. The van der Waals surface area contributed by atoms with E-state index < -0.39 is 22.4 Å². The molecule has 11 heteroatoms. The van der Waals surface area contributed by atoms with Crippen molar-refractivity contribution in [1.82, 2.24) is 0 Å². The fourth-order valence-electron chi connectivity index (χ4n) is 4.40. The van der Waals surface area contributed by atoms with Crippen LogP contribution in [0.3, 0.4) is 0 Å². The summed E-state index contributed by atoms with van der Waals surface area (Å²) in [5.74, 6) is 0.326. The highest BCUT2D eigenvalue weighted by atomic mass is 79.9. The minimum atomic E-state index is -4.73. The van der Waals surface area contributed by atoms with Gasteiger partial charge in [-0.1, -0.05) is 36.7 Å². The standard InChI is InChI=1S/C27H23BrF3N3O3S/c1-26(2,3)16-4-7-19-20(13-32)25(38-24(19)12-16)33-14-15-10-18(28)6-9-22(15)37-23-8-5-17(27(29,30)31)11-21(23)34(35)36/h5-6,8-11,14,16H,4,7,12H2,1-3H3/t16-/m1/s1. The molecule has 1 atom stereocenters. The van der Waals surface area contributed by atoms with Crippen LogP contribution >= 0.6 is 27.3 Å². The maximum absolute atomic E-state index is 13.1. The van der Waals surface area contributed by atoms with Crippen LogP contribution in [0.25, 0.3) is 0 Å². The Kier molecular flexibility index (Phi) is 7.68. The van der Waals surface area contributed by atoms with E-state index in [4.69, 9.17) is 4.74 Å². The number of aliphatic imine (C=N–C) groups is 1. The third-order valence-corrected chi connectivity index (χ3v) is 8.23. The number of benzene rings is 2. The number of halogens is 4. The molecular weight excluding hydrogens is 583 g/mol. The van der Waals surface area contributed by atoms with Crippen molar-refractivity contribution >= 4 is 44.2 Å². The van der Waals surface area contributed by atoms with E-state index in [-0.39, 0.29) is 16.9 Å². The predicted molar refractivity (Wildman–Crippen MR) is 144 cm³/mol. The van der Waals surface area contributed by atoms with Crippen LogP contribution in [0.5, 0.6) is 11.5 Å². The second kappa shape index (κ2) is 10.5. The first-order chi connectivity index (χ1) is 17.8. The summed E-state index contributed by atoms with van der Waals surface area (Å²) in [5, 5.41) is 21.9. The Morgan fingerprint density at radius 1 is 1.21 bits per heavy atom. The van der Waals surface area contributed by atoms with Gasteiger partial charge in [-0.3, -0.25) is 10.1 Å². The molecule has 0 fully saturated rings. The van der Waals surface area contributed by atoms with Crippen molar-refractivity contribution in [2.24, 2.45) is 16.3 Å². The van der Waals surface area contributed by atoms with Gasteiger partial charge in [-0.15, -0.1) is 11.3 Å². The monoisotopic (exact) mass is 605 g/mol. The van der Waals surface area contributed by atoms with E-state index in [0.29, 0.717) is 32.6 Å². The van der Waals surface area contributed by atoms with E-state index in [9.17, 15) is 28.5 Å². The second-order valence-electron chi connectivity index (χ2n) is 10.1. The maximum Gasteiger partial charge on any atom is 0.416 e. The maximum atomic E-state index is 13.1. The minimum absolute atomic E-state index is 0.154. The molecule has 0 bridgehead atoms. The summed E-state index contributed by atoms with van der Waals surface area (Å²) < 4.78 is 45.6. The van der Waals surface area contributed by atoms with Crippen molar-refractivity contribution in [2.75, 3.05) is 0 Å². The number of hydrogen-bond acceptors (Lipinski definition) is 6. The first-order valence-corrected chi connectivity index (χ1v) is 13.3. The minimum Gasteiger partial charge on any atom is -0.449 e. The Morgan fingerprint density at radius 2 is 1.92 bits per heavy atom. The molecule has 0 saturated carbocycles. The van der Waals surface area contributed by atoms with Gasteiger partial charge in [-0.05, 0) is 66.5 Å². The van der Waals surface area contributed by atoms with Gasteiger partial charge in [0.15, 0.2) is 0 Å². The van der Waals surface area contributed by atoms with Crippen molar-refractivity contribution < 1.29 is 22.8 Å². The highest BCUT2D eigenvalue weighted by Gasteiger charge is 2.34. The zero-order valence-corrected chi connectivity index (χ0v) is 23.1. The molecule has 1 aromatic heterocycles. The Balaban J connectivity index is 1.68. The number of nitro groups is 1. The molecule has 3 aromatic rings. The predicted octanol–water partition coefficient (Wildman–Crippen LogP) is 9.00. The van der Waals surface area contributed by atoms with Crippen molar-refractivity contribution in [1.29, 1.82) is 5.26 Å². The van der Waals surface area contributed by atoms with E-state index in [1.54, 1.807) is 12.1 Å². The van der Waals surface area contributed by atoms with Crippen molar-refractivity contribution in [2.45, 2.75) is 46.2 Å². The van der Waals surface area contributed by atoms with E-state index in [0.717, 1.165) is 41.8 Å². The first-order valence-electron chi connectivity index (χ1n) is 11.7. The van der Waals surface area contributed by atoms with Crippen LogP contribution in [-0.4, -0.2) is 11.1 Å². The van der Waals surface area contributed by atoms with Crippen molar-refractivity contribution in [3.05, 3.63) is 78.1 Å². The average Bonchev–Trinajstić information content (AvgIpc) is 3.19. The normalized spacial score (nSPS) is 15.8. The quantitative estimate of drug-likeness (QED) is 0.165. The first kappa shape index (κ1) is 27.8. The highest BCUT2D eigenvalue weighted by Crippen LogP contribution is 2.45. The summed E-state index contributed by atoms with van der Waals surface area (Å²) in [6.45, 7) is 6.66. The zero-order valence-electron chi connectivity index (χ0n) is 20.7. The molecule has 0 N–H and O–H groups in total. The van der Waals surface area contributed by atoms with Crippen LogP contribution in [0.4, 0.5) is 23.9 Å². The Bertz CT molecular complexity index is 1470. The summed E-state index contributed by atoms with van der Waals surface area (Å²) in [7, 11) is 0. The fraction of sp³-hybridized carbons (Fsp3) is 0.333. The van der Waals surface area contributed by atoms with Crippen LogP contribution < -0.4 is 4.74 Å². The third kappa shape index (κ3) is 5.92. The molecule has 0 unspecified atom stereocenters. The molecule has 0 spiro atoms. The number of ether oxygens (including phenoxy) is 1. The number of thiophene rings is 1. The highest BCUT2D eigenvalue weighted by molar-refractivity contribution is 9.10. The lowest BCUT2D eigenvalue weighted by Crippen LogP contribution is -2.26. The van der Waals surface area contributed by atoms with E-state index in [1.807, 2.05) is 0 Å². The molecule has 0 radical (unpaired) electrons. The summed E-state index contributed by atoms with van der Waals surface area (Å²) >= 11 is 4.86. The van der Waals surface area contributed by atoms with Gasteiger partial charge in [-0.2, -0.15) is 18.4 Å². The van der Waals surface area contributed by atoms with E-state index in [1.165, 1.54) is 23.6 Å². The van der Waals surface area contributed by atoms with E-state index in [2.05, 4.69) is 47.8 Å². The summed E-state index contributed by atoms with van der Waals surface area (Å²) in [6, 6.07) is 9.23. The molecular formula is C27H23BrF3N3O3S. The second-order valence-corrected chi connectivity index (χ2v) is 12.1. The molecule has 1 aliphatic carbocycles. The van der Waals surface area contributed by atoms with Gasteiger partial charge in [0.1, 0.15) is 16.8 Å². The number of hydrogen-bond donors (Lipinski definition) is 0. The largest absolute Gasteiger partial charge is 0.449 e. The molecule has 0 aliphatic heterocycles. The van der Waals surface area contributed by atoms with Gasteiger partial charge >= 0.3 is 11.9 Å². The zero-order chi connectivity index (χ0) is 27.8. The van der Waals surface area contributed by atoms with Crippen molar-refractivity contribution in [3.63, 3.8) is 0 Å². The molecule has 0 saturated heterocycles. The number of nitriles is 1. The molecule has 0 amide bonds. The lowest BCUT2D eigenvalue weighted by Gasteiger charge is -2.33. The molecule has 4 rings (SSSR count). The SMILES string of the molecule is CC(C)(C)[C@@H]1CCc2c(sc(N=Cc3cc(Br)ccc3Oc3ccc(C(F)(F)F)cc3[N+](=O)[O-])c2C#N)C1. The number of rotatable bonds is 5. The number of nitrogens with zero attached hydrogens (tertiary/aromatic N) is 3. The molecule has 1 heterocycles. The van der Waals surface area contributed by atoms with Gasteiger partial charge in [-0.25, -0.2) is 4.99 Å².